The van der Waals surface area contributed by atoms with Crippen LogP contribution in [0.4, 0.5) is 5.69 Å². The molecule has 0 saturated carbocycles. The molecule has 0 amide bonds. The summed E-state index contributed by atoms with van der Waals surface area (Å²) < 4.78 is 5.61. The third-order valence-electron chi connectivity index (χ3n) is 2.68. The van der Waals surface area contributed by atoms with E-state index in [1.807, 2.05) is 13.0 Å². The van der Waals surface area contributed by atoms with E-state index in [0.29, 0.717) is 12.4 Å². The van der Waals surface area contributed by atoms with Crippen molar-refractivity contribution >= 4 is 5.69 Å². The highest BCUT2D eigenvalue weighted by atomic mass is 16.6. The van der Waals surface area contributed by atoms with Crippen LogP contribution in [0.1, 0.15) is 12.5 Å². The normalized spacial score (nSPS) is 10.2. The maximum Gasteiger partial charge on any atom is 0.311 e. The summed E-state index contributed by atoms with van der Waals surface area (Å²) in [6.45, 7) is 3.42. The predicted molar refractivity (Wildman–Crippen MR) is 74.8 cm³/mol. The topological polar surface area (TPSA) is 77.3 Å². The zero-order valence-electron chi connectivity index (χ0n) is 11.1. The summed E-state index contributed by atoms with van der Waals surface area (Å²) in [5.41, 5.74) is 0.778. The second-order valence-electron chi connectivity index (χ2n) is 4.07. The fourth-order valence-corrected chi connectivity index (χ4v) is 1.71. The number of nitrogens with zero attached hydrogens (tertiary/aromatic N) is 2. The SMILES string of the molecule is CCNCc1cccnc1Oc1ccccc1[N+](=O)[O-]. The number of para-hydroxylation sites is 2. The Kier molecular flexibility index (Phi) is 4.62. The molecule has 0 aliphatic rings. The fourth-order valence-electron chi connectivity index (χ4n) is 1.71. The molecule has 1 aromatic heterocycles. The molecule has 0 saturated heterocycles. The zero-order chi connectivity index (χ0) is 14.4. The number of hydrogen-bond acceptors (Lipinski definition) is 5. The van der Waals surface area contributed by atoms with E-state index < -0.39 is 4.92 Å². The summed E-state index contributed by atoms with van der Waals surface area (Å²) in [5, 5.41) is 14.1. The van der Waals surface area contributed by atoms with Gasteiger partial charge in [0.25, 0.3) is 0 Å². The van der Waals surface area contributed by atoms with E-state index in [1.54, 1.807) is 30.5 Å². The molecule has 0 radical (unpaired) electrons. The maximum atomic E-state index is 11.0. The van der Waals surface area contributed by atoms with Gasteiger partial charge in [-0.2, -0.15) is 0 Å². The molecule has 0 atom stereocenters. The molecule has 1 heterocycles. The van der Waals surface area contributed by atoms with Gasteiger partial charge in [-0.15, -0.1) is 0 Å². The molecule has 0 aliphatic heterocycles. The fraction of sp³-hybridized carbons (Fsp3) is 0.214. The Balaban J connectivity index is 2.28. The molecule has 6 nitrogen and oxygen atoms in total. The molecule has 1 aromatic carbocycles. The van der Waals surface area contributed by atoms with Gasteiger partial charge < -0.3 is 10.1 Å². The van der Waals surface area contributed by atoms with Gasteiger partial charge >= 0.3 is 5.69 Å². The van der Waals surface area contributed by atoms with Crippen molar-refractivity contribution in [2.45, 2.75) is 13.5 Å². The van der Waals surface area contributed by atoms with Crippen molar-refractivity contribution in [1.82, 2.24) is 10.3 Å². The van der Waals surface area contributed by atoms with Crippen LogP contribution in [-0.4, -0.2) is 16.5 Å². The van der Waals surface area contributed by atoms with Gasteiger partial charge in [-0.25, -0.2) is 4.98 Å². The first-order valence-corrected chi connectivity index (χ1v) is 6.28. The predicted octanol–water partition coefficient (Wildman–Crippen LogP) is 2.89. The molecule has 0 bridgehead atoms. The minimum atomic E-state index is -0.470. The van der Waals surface area contributed by atoms with Gasteiger partial charge in [0.05, 0.1) is 4.92 Å². The van der Waals surface area contributed by atoms with Crippen molar-refractivity contribution in [1.29, 1.82) is 0 Å². The van der Waals surface area contributed by atoms with Gasteiger partial charge in [-0.1, -0.05) is 25.1 Å². The number of aromatic nitrogens is 1. The molecule has 0 fully saturated rings. The van der Waals surface area contributed by atoms with Gasteiger partial charge in [0.1, 0.15) is 0 Å². The molecule has 2 rings (SSSR count). The van der Waals surface area contributed by atoms with Crippen LogP contribution >= 0.6 is 0 Å². The number of rotatable bonds is 6. The second-order valence-corrected chi connectivity index (χ2v) is 4.07. The second kappa shape index (κ2) is 6.63. The van der Waals surface area contributed by atoms with E-state index in [9.17, 15) is 10.1 Å². The quantitative estimate of drug-likeness (QED) is 0.646. The molecule has 104 valence electrons. The number of pyridine rings is 1. The van der Waals surface area contributed by atoms with Crippen LogP contribution in [-0.2, 0) is 6.54 Å². The maximum absolute atomic E-state index is 11.0. The minimum absolute atomic E-state index is 0.0763. The van der Waals surface area contributed by atoms with Crippen LogP contribution in [0.25, 0.3) is 0 Å². The minimum Gasteiger partial charge on any atom is -0.431 e. The first kappa shape index (κ1) is 14.0. The van der Waals surface area contributed by atoms with Crippen molar-refractivity contribution in [3.8, 4) is 11.6 Å². The molecule has 2 aromatic rings. The molecular weight excluding hydrogens is 258 g/mol. The average molecular weight is 273 g/mol. The third-order valence-corrected chi connectivity index (χ3v) is 2.68. The third kappa shape index (κ3) is 3.30. The van der Waals surface area contributed by atoms with Crippen LogP contribution in [0, 0.1) is 10.1 Å². The summed E-state index contributed by atoms with van der Waals surface area (Å²) in [6.07, 6.45) is 1.60. The summed E-state index contributed by atoms with van der Waals surface area (Å²) in [4.78, 5) is 14.6. The number of nitrogens with one attached hydrogen (secondary N) is 1. The Morgan fingerprint density at radius 3 is 2.85 bits per heavy atom. The van der Waals surface area contributed by atoms with Crippen LogP contribution in [0.3, 0.4) is 0 Å². The molecule has 0 aliphatic carbocycles. The van der Waals surface area contributed by atoms with E-state index in [2.05, 4.69) is 10.3 Å². The van der Waals surface area contributed by atoms with Gasteiger partial charge in [0, 0.05) is 24.4 Å². The number of ether oxygens (including phenoxy) is 1. The number of nitro groups is 1. The highest BCUT2D eigenvalue weighted by molar-refractivity contribution is 5.48. The van der Waals surface area contributed by atoms with Crippen molar-refractivity contribution < 1.29 is 9.66 Å². The van der Waals surface area contributed by atoms with Crippen LogP contribution in [0.2, 0.25) is 0 Å². The van der Waals surface area contributed by atoms with Gasteiger partial charge in [-0.3, -0.25) is 10.1 Å². The first-order valence-electron chi connectivity index (χ1n) is 6.28. The highest BCUT2D eigenvalue weighted by Gasteiger charge is 2.16. The lowest BCUT2D eigenvalue weighted by atomic mass is 10.2. The number of hydrogen-bond donors (Lipinski definition) is 1. The Bertz CT molecular complexity index is 602. The van der Waals surface area contributed by atoms with E-state index in [4.69, 9.17) is 4.74 Å². The van der Waals surface area contributed by atoms with Gasteiger partial charge in [0.2, 0.25) is 11.6 Å². The van der Waals surface area contributed by atoms with Crippen molar-refractivity contribution in [2.24, 2.45) is 0 Å². The van der Waals surface area contributed by atoms with E-state index >= 15 is 0 Å². The van der Waals surface area contributed by atoms with Crippen molar-refractivity contribution in [3.05, 3.63) is 58.3 Å². The molecule has 0 spiro atoms. The van der Waals surface area contributed by atoms with Gasteiger partial charge in [-0.05, 0) is 18.7 Å². The standard InChI is InChI=1S/C14H15N3O3/c1-2-15-10-11-6-5-9-16-14(11)20-13-8-4-3-7-12(13)17(18)19/h3-9,15H,2,10H2,1H3. The van der Waals surface area contributed by atoms with Crippen LogP contribution < -0.4 is 10.1 Å². The lowest BCUT2D eigenvalue weighted by Gasteiger charge is -2.10. The Morgan fingerprint density at radius 2 is 2.10 bits per heavy atom. The lowest BCUT2D eigenvalue weighted by molar-refractivity contribution is -0.385. The average Bonchev–Trinajstić information content (AvgIpc) is 2.47. The van der Waals surface area contributed by atoms with E-state index in [-0.39, 0.29) is 11.4 Å². The molecule has 6 heteroatoms. The molecule has 1 N–H and O–H groups in total. The van der Waals surface area contributed by atoms with E-state index in [1.165, 1.54) is 6.07 Å². The number of nitro benzene ring substituents is 1. The van der Waals surface area contributed by atoms with Crippen LogP contribution in [0.5, 0.6) is 11.6 Å². The van der Waals surface area contributed by atoms with Crippen LogP contribution in [0.15, 0.2) is 42.6 Å². The summed E-state index contributed by atoms with van der Waals surface area (Å²) in [7, 11) is 0. The monoisotopic (exact) mass is 273 g/mol. The lowest BCUT2D eigenvalue weighted by Crippen LogP contribution is -2.12. The Hall–Kier alpha value is -2.47. The summed E-state index contributed by atoms with van der Waals surface area (Å²) >= 11 is 0. The summed E-state index contributed by atoms with van der Waals surface area (Å²) in [5.74, 6) is 0.566. The Morgan fingerprint density at radius 1 is 1.30 bits per heavy atom. The van der Waals surface area contributed by atoms with Gasteiger partial charge in [0.15, 0.2) is 0 Å². The number of benzene rings is 1. The van der Waals surface area contributed by atoms with E-state index in [0.717, 1.165) is 12.1 Å². The molecular formula is C14H15N3O3. The smallest absolute Gasteiger partial charge is 0.311 e. The van der Waals surface area contributed by atoms with Crippen molar-refractivity contribution in [3.63, 3.8) is 0 Å². The largest absolute Gasteiger partial charge is 0.431 e. The molecule has 0 unspecified atom stereocenters. The summed E-state index contributed by atoms with van der Waals surface area (Å²) in [6, 6.07) is 9.93. The zero-order valence-corrected chi connectivity index (χ0v) is 11.1. The first-order chi connectivity index (χ1) is 9.72. The van der Waals surface area contributed by atoms with Crippen molar-refractivity contribution in [2.75, 3.05) is 6.54 Å². The molecule has 20 heavy (non-hydrogen) atoms. The Labute approximate surface area is 116 Å². The highest BCUT2D eigenvalue weighted by Crippen LogP contribution is 2.31.